The summed E-state index contributed by atoms with van der Waals surface area (Å²) in [6.45, 7) is 4.14. The molecule has 2 unspecified atom stereocenters. The van der Waals surface area contributed by atoms with Gasteiger partial charge in [0, 0.05) is 37.3 Å². The van der Waals surface area contributed by atoms with Crippen molar-refractivity contribution in [3.05, 3.63) is 41.6 Å². The smallest absolute Gasteiger partial charge is 0.309 e. The summed E-state index contributed by atoms with van der Waals surface area (Å²) in [5, 5.41) is 25.6. The predicted octanol–water partition coefficient (Wildman–Crippen LogP) is 1.89. The van der Waals surface area contributed by atoms with Crippen LogP contribution in [-0.4, -0.2) is 63.4 Å². The van der Waals surface area contributed by atoms with Gasteiger partial charge in [-0.1, -0.05) is 5.16 Å². The van der Waals surface area contributed by atoms with Crippen molar-refractivity contribution < 1.29 is 33.1 Å². The molecule has 8 nitrogen and oxygen atoms in total. The van der Waals surface area contributed by atoms with Crippen LogP contribution in [0, 0.1) is 17.6 Å². The number of benzene rings is 1. The van der Waals surface area contributed by atoms with Crippen molar-refractivity contribution in [2.75, 3.05) is 13.1 Å². The number of aliphatic carboxylic acids is 1. The number of halogens is 2. The second-order valence-electron chi connectivity index (χ2n) is 7.49. The highest BCUT2D eigenvalue weighted by Crippen LogP contribution is 2.25. The fraction of sp³-hybridized carbons (Fsp3) is 0.450. The zero-order chi connectivity index (χ0) is 22.0. The van der Waals surface area contributed by atoms with Crippen molar-refractivity contribution in [3.63, 3.8) is 0 Å². The van der Waals surface area contributed by atoms with Gasteiger partial charge in [0.05, 0.1) is 17.6 Å². The third-order valence-corrected chi connectivity index (χ3v) is 5.49. The number of aliphatic hydroxyl groups excluding tert-OH is 1. The number of carboxylic acids is 1. The molecule has 0 radical (unpaired) electrons. The molecule has 0 spiro atoms. The van der Waals surface area contributed by atoms with Crippen LogP contribution in [0.15, 0.2) is 28.8 Å². The normalized spacial score (nSPS) is 21.8. The van der Waals surface area contributed by atoms with Gasteiger partial charge in [-0.25, -0.2) is 8.78 Å². The molecule has 162 valence electrons. The molecule has 2 aromatic rings. The monoisotopic (exact) mass is 423 g/mol. The van der Waals surface area contributed by atoms with Crippen molar-refractivity contribution in [2.24, 2.45) is 5.92 Å². The number of carbonyl (C=O) groups is 2. The maximum Gasteiger partial charge on any atom is 0.309 e. The van der Waals surface area contributed by atoms with E-state index in [1.54, 1.807) is 6.92 Å². The molecule has 1 aromatic heterocycles. The zero-order valence-corrected chi connectivity index (χ0v) is 16.5. The van der Waals surface area contributed by atoms with Gasteiger partial charge in [-0.3, -0.25) is 14.5 Å². The average molecular weight is 423 g/mol. The highest BCUT2D eigenvalue weighted by molar-refractivity contribution is 5.93. The van der Waals surface area contributed by atoms with Gasteiger partial charge >= 0.3 is 5.97 Å². The van der Waals surface area contributed by atoms with E-state index in [-0.39, 0.29) is 29.6 Å². The molecule has 1 aromatic carbocycles. The summed E-state index contributed by atoms with van der Waals surface area (Å²) in [5.41, 5.74) is -0.190. The molecule has 0 aliphatic carbocycles. The van der Waals surface area contributed by atoms with Crippen LogP contribution in [0.2, 0.25) is 0 Å². The van der Waals surface area contributed by atoms with Gasteiger partial charge in [0.25, 0.3) is 5.91 Å². The summed E-state index contributed by atoms with van der Waals surface area (Å²) in [5.74, 6) is -4.23. The standard InChI is InChI=1S/C20H23F2N3O5/c1-10(11(2)26)25-6-5-16(14(9-25)20(28)29)23-19(27)17-8-18(30-24-17)13-4-3-12(21)7-15(13)22/h3-4,7-8,10-11,14,16,26H,5-6,9H2,1-2H3,(H,23,27)(H,28,29)/t10?,11?,14-,16-/m1/s1. The minimum Gasteiger partial charge on any atom is -0.481 e. The molecule has 3 N–H and O–H groups in total. The van der Waals surface area contributed by atoms with Gasteiger partial charge in [-0.15, -0.1) is 0 Å². The van der Waals surface area contributed by atoms with E-state index in [9.17, 15) is 28.6 Å². The van der Waals surface area contributed by atoms with Gasteiger partial charge in [0.1, 0.15) is 11.6 Å². The first-order valence-corrected chi connectivity index (χ1v) is 9.55. The molecule has 3 rings (SSSR count). The number of carbonyl (C=O) groups excluding carboxylic acids is 1. The fourth-order valence-electron chi connectivity index (χ4n) is 3.52. The molecule has 10 heteroatoms. The quantitative estimate of drug-likeness (QED) is 0.650. The number of hydrogen-bond donors (Lipinski definition) is 3. The molecule has 0 bridgehead atoms. The van der Waals surface area contributed by atoms with Crippen LogP contribution in [-0.2, 0) is 4.79 Å². The topological polar surface area (TPSA) is 116 Å². The van der Waals surface area contributed by atoms with Gasteiger partial charge in [-0.05, 0) is 32.4 Å². The Balaban J connectivity index is 1.71. The molecule has 4 atom stereocenters. The first-order chi connectivity index (χ1) is 14.2. The lowest BCUT2D eigenvalue weighted by atomic mass is 9.90. The highest BCUT2D eigenvalue weighted by atomic mass is 19.1. The summed E-state index contributed by atoms with van der Waals surface area (Å²) < 4.78 is 32.0. The third-order valence-electron chi connectivity index (χ3n) is 5.49. The number of piperidine rings is 1. The molecule has 1 saturated heterocycles. The summed E-state index contributed by atoms with van der Waals surface area (Å²) in [4.78, 5) is 26.2. The summed E-state index contributed by atoms with van der Waals surface area (Å²) in [6, 6.07) is 3.28. The van der Waals surface area contributed by atoms with Gasteiger partial charge in [-0.2, -0.15) is 0 Å². The Bertz CT molecular complexity index is 933. The van der Waals surface area contributed by atoms with E-state index in [0.29, 0.717) is 19.0 Å². The molecule has 2 heterocycles. The number of aliphatic hydroxyl groups is 1. The largest absolute Gasteiger partial charge is 0.481 e. The number of aromatic nitrogens is 1. The Morgan fingerprint density at radius 1 is 1.30 bits per heavy atom. The van der Waals surface area contributed by atoms with Gasteiger partial charge < -0.3 is 20.1 Å². The van der Waals surface area contributed by atoms with Crippen molar-refractivity contribution in [1.82, 2.24) is 15.4 Å². The number of hydrogen-bond acceptors (Lipinski definition) is 6. The minimum atomic E-state index is -1.06. The Hall–Kier alpha value is -2.85. The highest BCUT2D eigenvalue weighted by Gasteiger charge is 2.37. The molecular formula is C20H23F2N3O5. The first-order valence-electron chi connectivity index (χ1n) is 9.55. The lowest BCUT2D eigenvalue weighted by molar-refractivity contribution is -0.145. The molecular weight excluding hydrogens is 400 g/mol. The summed E-state index contributed by atoms with van der Waals surface area (Å²) in [7, 11) is 0. The number of nitrogens with zero attached hydrogens (tertiary/aromatic N) is 2. The van der Waals surface area contributed by atoms with Crippen molar-refractivity contribution in [3.8, 4) is 11.3 Å². The van der Waals surface area contributed by atoms with Gasteiger partial charge in [0.2, 0.25) is 0 Å². The molecule has 1 fully saturated rings. The lowest BCUT2D eigenvalue weighted by Gasteiger charge is -2.40. The van der Waals surface area contributed by atoms with Crippen molar-refractivity contribution in [2.45, 2.75) is 38.5 Å². The molecule has 0 saturated carbocycles. The second kappa shape index (κ2) is 8.88. The van der Waals surface area contributed by atoms with Crippen LogP contribution in [0.25, 0.3) is 11.3 Å². The van der Waals surface area contributed by atoms with E-state index in [4.69, 9.17) is 4.52 Å². The molecule has 30 heavy (non-hydrogen) atoms. The van der Waals surface area contributed by atoms with Crippen LogP contribution in [0.4, 0.5) is 8.78 Å². The van der Waals surface area contributed by atoms with Crippen LogP contribution < -0.4 is 5.32 Å². The van der Waals surface area contributed by atoms with E-state index < -0.39 is 41.6 Å². The molecule has 1 amide bonds. The van der Waals surface area contributed by atoms with E-state index in [0.717, 1.165) is 6.07 Å². The SMILES string of the molecule is CC(O)C(C)N1CC[C@@H](NC(=O)c2cc(-c3ccc(F)cc3F)on2)[C@H](C(=O)O)C1. The van der Waals surface area contributed by atoms with Crippen molar-refractivity contribution >= 4 is 11.9 Å². The number of carboxylic acid groups (broad SMARTS) is 1. The molecule has 1 aliphatic rings. The Morgan fingerprint density at radius 2 is 2.03 bits per heavy atom. The van der Waals surface area contributed by atoms with E-state index in [2.05, 4.69) is 10.5 Å². The Kier molecular flexibility index (Phi) is 6.47. The molecule has 1 aliphatic heterocycles. The van der Waals surface area contributed by atoms with Crippen molar-refractivity contribution in [1.29, 1.82) is 0 Å². The van der Waals surface area contributed by atoms with Crippen LogP contribution in [0.1, 0.15) is 30.8 Å². The predicted molar refractivity (Wildman–Crippen MR) is 102 cm³/mol. The zero-order valence-electron chi connectivity index (χ0n) is 16.5. The van der Waals surface area contributed by atoms with Gasteiger partial charge in [0.15, 0.2) is 11.5 Å². The van der Waals surface area contributed by atoms with Crippen LogP contribution in [0.5, 0.6) is 0 Å². The number of amides is 1. The number of nitrogens with one attached hydrogen (secondary N) is 1. The maximum absolute atomic E-state index is 13.9. The third kappa shape index (κ3) is 4.65. The summed E-state index contributed by atoms with van der Waals surface area (Å²) in [6.07, 6.45) is -0.247. The van der Waals surface area contributed by atoms with Crippen LogP contribution in [0.3, 0.4) is 0 Å². The number of rotatable bonds is 6. The Morgan fingerprint density at radius 3 is 2.67 bits per heavy atom. The average Bonchev–Trinajstić information content (AvgIpc) is 3.17. The first kappa shape index (κ1) is 21.8. The maximum atomic E-state index is 13.9. The second-order valence-corrected chi connectivity index (χ2v) is 7.49. The minimum absolute atomic E-state index is 0.0481. The van der Waals surface area contributed by atoms with E-state index in [1.165, 1.54) is 12.1 Å². The fourth-order valence-corrected chi connectivity index (χ4v) is 3.52. The lowest BCUT2D eigenvalue weighted by Crippen LogP contribution is -2.56. The van der Waals surface area contributed by atoms with E-state index in [1.807, 2.05) is 11.8 Å². The van der Waals surface area contributed by atoms with E-state index >= 15 is 0 Å². The summed E-state index contributed by atoms with van der Waals surface area (Å²) >= 11 is 0. The number of likely N-dealkylation sites (tertiary alicyclic amines) is 1. The van der Waals surface area contributed by atoms with Crippen LogP contribution >= 0.6 is 0 Å². The Labute approximate surface area is 171 Å².